The number of carbonyl (C=O) groups excluding carboxylic acids is 1. The van der Waals surface area contributed by atoms with E-state index in [2.05, 4.69) is 11.9 Å². The number of hydrogen-bond donors (Lipinski definition) is 2. The fraction of sp³-hybridized carbons (Fsp3) is 0.381. The molecule has 1 saturated heterocycles. The van der Waals surface area contributed by atoms with Crippen molar-refractivity contribution in [3.8, 4) is 5.75 Å². The molecule has 5 heteroatoms. The van der Waals surface area contributed by atoms with E-state index in [9.17, 15) is 9.90 Å². The molecule has 3 N–H and O–H groups in total. The van der Waals surface area contributed by atoms with Crippen molar-refractivity contribution in [3.63, 3.8) is 0 Å². The van der Waals surface area contributed by atoms with Gasteiger partial charge in [-0.05, 0) is 62.7 Å². The Morgan fingerprint density at radius 3 is 2.46 bits per heavy atom. The molecular formula is C21H28N2O3. The molecule has 1 atom stereocenters. The zero-order valence-corrected chi connectivity index (χ0v) is 15.3. The van der Waals surface area contributed by atoms with Gasteiger partial charge < -0.3 is 20.5 Å². The molecule has 1 aliphatic heterocycles. The molecule has 1 fully saturated rings. The highest BCUT2D eigenvalue weighted by atomic mass is 16.5. The van der Waals surface area contributed by atoms with Crippen molar-refractivity contribution in [1.29, 1.82) is 0 Å². The second-order valence-electron chi connectivity index (χ2n) is 6.55. The summed E-state index contributed by atoms with van der Waals surface area (Å²) < 4.78 is 5.57. The summed E-state index contributed by atoms with van der Waals surface area (Å²) in [5.41, 5.74) is 6.74. The van der Waals surface area contributed by atoms with E-state index in [-0.39, 0.29) is 6.10 Å². The number of nitrogens with zero attached hydrogens (tertiary/aromatic N) is 1. The van der Waals surface area contributed by atoms with Crippen molar-refractivity contribution in [2.75, 3.05) is 20.1 Å². The summed E-state index contributed by atoms with van der Waals surface area (Å²) in [6, 6.07) is 16.7. The maximum atomic E-state index is 10.9. The maximum Gasteiger partial charge on any atom is 0.248 e. The highest BCUT2D eigenvalue weighted by molar-refractivity contribution is 5.92. The number of ether oxygens (including phenoxy) is 1. The van der Waals surface area contributed by atoms with Crippen LogP contribution in [-0.2, 0) is 6.61 Å². The minimum absolute atomic E-state index is 0.0325. The Balaban J connectivity index is 0.000000228. The molecular weight excluding hydrogens is 328 g/mol. The van der Waals surface area contributed by atoms with E-state index in [0.29, 0.717) is 12.2 Å². The number of aliphatic hydroxyl groups excluding tert-OH is 1. The second kappa shape index (κ2) is 10.6. The van der Waals surface area contributed by atoms with E-state index in [1.54, 1.807) is 24.3 Å². The van der Waals surface area contributed by atoms with Crippen LogP contribution >= 0.6 is 0 Å². The molecule has 0 bridgehead atoms. The van der Waals surface area contributed by atoms with Crippen molar-refractivity contribution >= 4 is 5.91 Å². The minimum Gasteiger partial charge on any atom is -0.489 e. The fourth-order valence-corrected chi connectivity index (χ4v) is 2.68. The van der Waals surface area contributed by atoms with Crippen molar-refractivity contribution in [3.05, 3.63) is 65.7 Å². The number of primary amides is 1. The van der Waals surface area contributed by atoms with Crippen molar-refractivity contribution in [2.24, 2.45) is 5.73 Å². The molecule has 1 amide bonds. The smallest absolute Gasteiger partial charge is 0.248 e. The number of rotatable bonds is 4. The summed E-state index contributed by atoms with van der Waals surface area (Å²) in [6.07, 6.45) is 3.06. The Labute approximate surface area is 155 Å². The molecule has 5 nitrogen and oxygen atoms in total. The van der Waals surface area contributed by atoms with Gasteiger partial charge in [0.1, 0.15) is 12.4 Å². The molecule has 2 aromatic rings. The quantitative estimate of drug-likeness (QED) is 0.883. The van der Waals surface area contributed by atoms with Crippen LogP contribution in [-0.4, -0.2) is 42.2 Å². The first kappa shape index (κ1) is 19.9. The highest BCUT2D eigenvalue weighted by Gasteiger charge is 2.10. The van der Waals surface area contributed by atoms with Gasteiger partial charge in [0.2, 0.25) is 5.91 Å². The van der Waals surface area contributed by atoms with Gasteiger partial charge in [0, 0.05) is 12.1 Å². The molecule has 1 aliphatic rings. The van der Waals surface area contributed by atoms with E-state index in [4.69, 9.17) is 10.5 Å². The summed E-state index contributed by atoms with van der Waals surface area (Å²) in [7, 11) is 2.11. The van der Waals surface area contributed by atoms with Crippen LogP contribution in [0.4, 0.5) is 0 Å². The fourth-order valence-electron chi connectivity index (χ4n) is 2.68. The standard InChI is InChI=1S/C14H13NO2.C7H15NO/c15-14(16)12-6-8-13(9-7-12)17-10-11-4-2-1-3-5-11;1-8-5-2-3-7(9)4-6-8/h1-9H,10H2,(H2,15,16);7,9H,2-6H2,1H3. The van der Waals surface area contributed by atoms with Crippen molar-refractivity contribution in [2.45, 2.75) is 32.0 Å². The average Bonchev–Trinajstić information content (AvgIpc) is 2.85. The molecule has 0 aliphatic carbocycles. The molecule has 0 saturated carbocycles. The second-order valence-corrected chi connectivity index (χ2v) is 6.55. The van der Waals surface area contributed by atoms with E-state index < -0.39 is 5.91 Å². The highest BCUT2D eigenvalue weighted by Crippen LogP contribution is 2.14. The predicted molar refractivity (Wildman–Crippen MR) is 103 cm³/mol. The van der Waals surface area contributed by atoms with E-state index >= 15 is 0 Å². The van der Waals surface area contributed by atoms with Crippen LogP contribution in [0.5, 0.6) is 5.75 Å². The van der Waals surface area contributed by atoms with Gasteiger partial charge in [-0.3, -0.25) is 4.79 Å². The Kier molecular flexibility index (Phi) is 8.12. The average molecular weight is 356 g/mol. The number of carbonyl (C=O) groups is 1. The van der Waals surface area contributed by atoms with Gasteiger partial charge in [0.25, 0.3) is 0 Å². The van der Waals surface area contributed by atoms with Gasteiger partial charge in [-0.15, -0.1) is 0 Å². The van der Waals surface area contributed by atoms with Crippen molar-refractivity contribution < 1.29 is 14.6 Å². The van der Waals surface area contributed by atoms with Crippen LogP contribution in [0.25, 0.3) is 0 Å². The number of nitrogens with two attached hydrogens (primary N) is 1. The number of likely N-dealkylation sites (tertiary alicyclic amines) is 1. The first-order chi connectivity index (χ1) is 12.5. The lowest BCUT2D eigenvalue weighted by atomic mass is 10.2. The first-order valence-electron chi connectivity index (χ1n) is 8.98. The lowest BCUT2D eigenvalue weighted by molar-refractivity contribution is 0.1000. The Hall–Kier alpha value is -2.37. The first-order valence-corrected chi connectivity index (χ1v) is 8.98. The molecule has 0 aromatic heterocycles. The molecule has 140 valence electrons. The topological polar surface area (TPSA) is 75.8 Å². The number of benzene rings is 2. The molecule has 0 radical (unpaired) electrons. The van der Waals surface area contributed by atoms with Gasteiger partial charge in [-0.1, -0.05) is 30.3 Å². The number of amides is 1. The Morgan fingerprint density at radius 2 is 1.81 bits per heavy atom. The van der Waals surface area contributed by atoms with Crippen LogP contribution in [0.15, 0.2) is 54.6 Å². The van der Waals surface area contributed by atoms with Crippen molar-refractivity contribution in [1.82, 2.24) is 4.90 Å². The third-order valence-corrected chi connectivity index (χ3v) is 4.31. The van der Waals surface area contributed by atoms with Crippen LogP contribution < -0.4 is 10.5 Å². The monoisotopic (exact) mass is 356 g/mol. The predicted octanol–water partition coefficient (Wildman–Crippen LogP) is 2.83. The van der Waals surface area contributed by atoms with Crippen LogP contribution in [0.2, 0.25) is 0 Å². The summed E-state index contributed by atoms with van der Waals surface area (Å²) in [5.74, 6) is 0.290. The van der Waals surface area contributed by atoms with Gasteiger partial charge in [-0.2, -0.15) is 0 Å². The van der Waals surface area contributed by atoms with Gasteiger partial charge >= 0.3 is 0 Å². The molecule has 1 unspecified atom stereocenters. The zero-order chi connectivity index (χ0) is 18.8. The van der Waals surface area contributed by atoms with Crippen LogP contribution in [0.1, 0.15) is 35.2 Å². The van der Waals surface area contributed by atoms with Crippen LogP contribution in [0, 0.1) is 0 Å². The van der Waals surface area contributed by atoms with Crippen LogP contribution in [0.3, 0.4) is 0 Å². The molecule has 0 spiro atoms. The summed E-state index contributed by atoms with van der Waals surface area (Å²) in [5, 5.41) is 9.18. The minimum atomic E-state index is -0.431. The Morgan fingerprint density at radius 1 is 1.12 bits per heavy atom. The lowest BCUT2D eigenvalue weighted by Gasteiger charge is -2.10. The maximum absolute atomic E-state index is 10.9. The Bertz CT molecular complexity index is 649. The van der Waals surface area contributed by atoms with E-state index in [0.717, 1.165) is 43.7 Å². The zero-order valence-electron chi connectivity index (χ0n) is 15.3. The molecule has 2 aromatic carbocycles. The SMILES string of the molecule is CN1CCCC(O)CC1.NC(=O)c1ccc(OCc2ccccc2)cc1. The van der Waals surface area contributed by atoms with Gasteiger partial charge in [0.15, 0.2) is 0 Å². The van der Waals surface area contributed by atoms with Gasteiger partial charge in [0.05, 0.1) is 6.10 Å². The van der Waals surface area contributed by atoms with E-state index in [1.165, 1.54) is 0 Å². The number of aliphatic hydroxyl groups is 1. The summed E-state index contributed by atoms with van der Waals surface area (Å²) in [6.45, 7) is 2.72. The lowest BCUT2D eigenvalue weighted by Crippen LogP contribution is -2.19. The summed E-state index contributed by atoms with van der Waals surface area (Å²) >= 11 is 0. The van der Waals surface area contributed by atoms with Gasteiger partial charge in [-0.25, -0.2) is 0 Å². The third kappa shape index (κ3) is 7.25. The number of hydrogen-bond acceptors (Lipinski definition) is 4. The largest absolute Gasteiger partial charge is 0.489 e. The van der Waals surface area contributed by atoms with E-state index in [1.807, 2.05) is 30.3 Å². The summed E-state index contributed by atoms with van der Waals surface area (Å²) in [4.78, 5) is 13.1. The molecule has 3 rings (SSSR count). The molecule has 26 heavy (non-hydrogen) atoms. The third-order valence-electron chi connectivity index (χ3n) is 4.31. The molecule has 1 heterocycles. The normalized spacial score (nSPS) is 17.5.